The van der Waals surface area contributed by atoms with Crippen LogP contribution in [0.15, 0.2) is 70.5 Å². The molecule has 2 bridgehead atoms. The average Bonchev–Trinajstić information content (AvgIpc) is 3.06. The number of hydrogen-bond donors (Lipinski definition) is 0. The predicted octanol–water partition coefficient (Wildman–Crippen LogP) is 5.43. The molecular formula is C41H50O14. The first-order valence-electron chi connectivity index (χ1n) is 17.8. The Bertz CT molecular complexity index is 1780. The van der Waals surface area contributed by atoms with Gasteiger partial charge in [-0.1, -0.05) is 44.2 Å². The molecule has 0 fully saturated rings. The van der Waals surface area contributed by atoms with Gasteiger partial charge in [-0.15, -0.1) is 0 Å². The van der Waals surface area contributed by atoms with Crippen molar-refractivity contribution < 1.29 is 66.7 Å². The summed E-state index contributed by atoms with van der Waals surface area (Å²) in [6, 6.07) is 8.94. The molecule has 6 atom stereocenters. The summed E-state index contributed by atoms with van der Waals surface area (Å²) in [6.45, 7) is 13.4. The lowest BCUT2D eigenvalue weighted by molar-refractivity contribution is -0.156. The van der Waals surface area contributed by atoms with Crippen LogP contribution < -0.4 is 0 Å². The van der Waals surface area contributed by atoms with Crippen molar-refractivity contribution in [2.75, 3.05) is 6.61 Å². The van der Waals surface area contributed by atoms with Crippen LogP contribution in [-0.4, -0.2) is 78.9 Å². The van der Waals surface area contributed by atoms with E-state index in [2.05, 4.69) is 0 Å². The highest BCUT2D eigenvalue weighted by atomic mass is 16.6. The fourth-order valence-electron chi connectivity index (χ4n) is 7.03. The van der Waals surface area contributed by atoms with Gasteiger partial charge in [-0.3, -0.25) is 28.8 Å². The van der Waals surface area contributed by atoms with Crippen molar-refractivity contribution in [3.63, 3.8) is 0 Å². The van der Waals surface area contributed by atoms with E-state index in [1.54, 1.807) is 45.0 Å². The Labute approximate surface area is 320 Å². The maximum absolute atomic E-state index is 13.5. The number of benzene rings is 1. The highest BCUT2D eigenvalue weighted by molar-refractivity contribution is 5.87. The molecular weight excluding hydrogens is 716 g/mol. The molecule has 2 aliphatic carbocycles. The first-order valence-corrected chi connectivity index (χ1v) is 17.8. The van der Waals surface area contributed by atoms with Gasteiger partial charge in [0.15, 0.2) is 11.9 Å². The van der Waals surface area contributed by atoms with Crippen LogP contribution >= 0.6 is 0 Å². The van der Waals surface area contributed by atoms with E-state index in [0.717, 1.165) is 20.8 Å². The topological polar surface area (TPSA) is 184 Å². The molecule has 0 spiro atoms. The van der Waals surface area contributed by atoms with E-state index in [1.807, 2.05) is 6.07 Å². The third-order valence-electron chi connectivity index (χ3n) is 9.35. The minimum atomic E-state index is -1.45. The number of carbonyl (C=O) groups is 7. The second-order valence-corrected chi connectivity index (χ2v) is 14.0. The van der Waals surface area contributed by atoms with Gasteiger partial charge in [0.2, 0.25) is 0 Å². The fraction of sp³-hybridized carbons (Fsp3) is 0.488. The number of carbonyl (C=O) groups excluding carboxylic acids is 7. The molecule has 0 saturated heterocycles. The van der Waals surface area contributed by atoms with Gasteiger partial charge in [-0.25, -0.2) is 4.79 Å². The summed E-state index contributed by atoms with van der Waals surface area (Å²) in [5.74, 6) is -6.12. The number of hydrogen-bond acceptors (Lipinski definition) is 14. The number of esters is 7. The smallest absolute Gasteiger partial charge is 0.331 e. The molecule has 1 aromatic carbocycles. The average molecular weight is 767 g/mol. The minimum absolute atomic E-state index is 0.0932. The summed E-state index contributed by atoms with van der Waals surface area (Å²) in [4.78, 5) is 89.4. The van der Waals surface area contributed by atoms with E-state index in [-0.39, 0.29) is 29.7 Å². The largest absolute Gasteiger partial charge is 0.461 e. The van der Waals surface area contributed by atoms with E-state index in [0.29, 0.717) is 16.7 Å². The van der Waals surface area contributed by atoms with Crippen molar-refractivity contribution in [2.24, 2.45) is 11.3 Å². The Morgan fingerprint density at radius 2 is 1.24 bits per heavy atom. The molecule has 0 saturated carbocycles. The Balaban J connectivity index is 2.51. The molecule has 0 N–H and O–H groups in total. The third-order valence-corrected chi connectivity index (χ3v) is 9.35. The molecule has 0 aromatic heterocycles. The summed E-state index contributed by atoms with van der Waals surface area (Å²) >= 11 is 0. The van der Waals surface area contributed by atoms with Crippen LogP contribution in [0, 0.1) is 11.3 Å². The monoisotopic (exact) mass is 766 g/mol. The zero-order chi connectivity index (χ0) is 41.2. The van der Waals surface area contributed by atoms with E-state index < -0.39 is 90.2 Å². The van der Waals surface area contributed by atoms with Crippen LogP contribution in [0.5, 0.6) is 0 Å². The first-order chi connectivity index (χ1) is 25.7. The molecule has 298 valence electrons. The highest BCUT2D eigenvalue weighted by Gasteiger charge is 2.51. The molecule has 3 rings (SSSR count). The van der Waals surface area contributed by atoms with Crippen molar-refractivity contribution in [1.29, 1.82) is 0 Å². The van der Waals surface area contributed by atoms with Crippen molar-refractivity contribution in [1.82, 2.24) is 0 Å². The Kier molecular flexibility index (Phi) is 15.3. The van der Waals surface area contributed by atoms with E-state index >= 15 is 0 Å². The zero-order valence-electron chi connectivity index (χ0n) is 32.9. The van der Waals surface area contributed by atoms with Crippen LogP contribution in [0.3, 0.4) is 0 Å². The van der Waals surface area contributed by atoms with Gasteiger partial charge < -0.3 is 33.2 Å². The molecule has 2 aliphatic rings. The second kappa shape index (κ2) is 19.2. The summed E-state index contributed by atoms with van der Waals surface area (Å²) in [5, 5.41) is 0. The zero-order valence-corrected chi connectivity index (χ0v) is 32.9. The summed E-state index contributed by atoms with van der Waals surface area (Å²) in [6.07, 6.45) is -2.22. The Hall–Kier alpha value is -5.53. The van der Waals surface area contributed by atoms with Crippen molar-refractivity contribution >= 4 is 47.9 Å². The molecule has 0 amide bonds. The van der Waals surface area contributed by atoms with E-state index in [4.69, 9.17) is 33.2 Å². The number of fused-ring (bicyclic) bond motifs is 2. The van der Waals surface area contributed by atoms with Gasteiger partial charge in [-0.2, -0.15) is 0 Å². The van der Waals surface area contributed by atoms with Gasteiger partial charge in [0.25, 0.3) is 0 Å². The molecule has 55 heavy (non-hydrogen) atoms. The lowest BCUT2D eigenvalue weighted by atomic mass is 9.60. The molecule has 0 unspecified atom stereocenters. The van der Waals surface area contributed by atoms with E-state index in [1.165, 1.54) is 45.9 Å². The van der Waals surface area contributed by atoms with Crippen LogP contribution in [0.25, 0.3) is 6.08 Å². The van der Waals surface area contributed by atoms with Crippen molar-refractivity contribution in [3.8, 4) is 0 Å². The quantitative estimate of drug-likeness (QED) is 0.127. The molecule has 1 aromatic rings. The van der Waals surface area contributed by atoms with Gasteiger partial charge in [0.1, 0.15) is 31.0 Å². The summed E-state index contributed by atoms with van der Waals surface area (Å²) in [5.41, 5.74) is 0.698. The predicted molar refractivity (Wildman–Crippen MR) is 196 cm³/mol. The molecule has 0 heterocycles. The second-order valence-electron chi connectivity index (χ2n) is 14.0. The lowest BCUT2D eigenvalue weighted by Gasteiger charge is -2.48. The standard InChI is InChI=1S/C41H50O14/c1-22-33(50-25(4)43)19-32-36(52-27(6)45)18-31(21-49-24(3)42)35(55-37(48)17-16-30-14-12-11-13-15-30)20-34(51-26(5)44)23(2)39(53-28(7)46)40(54-29(8)47)38(22)41(32,9)10/h11-18,32-36,40H,19-21H2,1-10H3/b17-16?,31-18+,39-23+/t32-,33-,34-,35-,36-,40+/m0/s1. The maximum Gasteiger partial charge on any atom is 0.331 e. The first kappa shape index (κ1) is 43.9. The molecule has 0 aliphatic heterocycles. The number of rotatable bonds is 10. The Morgan fingerprint density at radius 1 is 0.673 bits per heavy atom. The fourth-order valence-corrected chi connectivity index (χ4v) is 7.03. The molecule has 14 heteroatoms. The Morgan fingerprint density at radius 3 is 1.76 bits per heavy atom. The van der Waals surface area contributed by atoms with Gasteiger partial charge in [0.05, 0.1) is 0 Å². The highest BCUT2D eigenvalue weighted by Crippen LogP contribution is 2.52. The molecule has 14 nitrogen and oxygen atoms in total. The van der Waals surface area contributed by atoms with Gasteiger partial charge in [-0.05, 0) is 54.5 Å². The van der Waals surface area contributed by atoms with Crippen molar-refractivity contribution in [2.45, 2.75) is 113 Å². The third kappa shape index (κ3) is 12.2. The maximum atomic E-state index is 13.5. The summed E-state index contributed by atoms with van der Waals surface area (Å²) < 4.78 is 40.8. The van der Waals surface area contributed by atoms with E-state index in [9.17, 15) is 33.6 Å². The molecule has 0 radical (unpaired) electrons. The number of ether oxygens (including phenoxy) is 7. The summed E-state index contributed by atoms with van der Waals surface area (Å²) in [7, 11) is 0. The lowest BCUT2D eigenvalue weighted by Crippen LogP contribution is -2.49. The van der Waals surface area contributed by atoms with Gasteiger partial charge >= 0.3 is 41.8 Å². The van der Waals surface area contributed by atoms with Crippen LogP contribution in [0.2, 0.25) is 0 Å². The van der Waals surface area contributed by atoms with Crippen molar-refractivity contribution in [3.05, 3.63) is 76.1 Å². The van der Waals surface area contributed by atoms with Crippen LogP contribution in [0.1, 0.15) is 87.6 Å². The normalized spacial score (nSPS) is 26.2. The van der Waals surface area contributed by atoms with Crippen LogP contribution in [0.4, 0.5) is 0 Å². The van der Waals surface area contributed by atoms with Gasteiger partial charge in [0, 0.05) is 71.1 Å². The minimum Gasteiger partial charge on any atom is -0.461 e. The van der Waals surface area contributed by atoms with Crippen LogP contribution in [-0.2, 0) is 66.7 Å². The SMILES string of the molecule is CC(=O)OC/C1=C\[C@H](OC(C)=O)[C@@H]2C[C@H](OC(C)=O)C(C)=C([C@@H](OC(C)=O)/C(OC(C)=O)=C(/C)[C@@H](OC(C)=O)C[C@@H]1OC(=O)C=Cc1ccccc1)C2(C)C.